The second-order valence-electron chi connectivity index (χ2n) is 18.7. The maximum absolute atomic E-state index is 13.5. The number of nitrogens with two attached hydrogens (primary N) is 1. The predicted molar refractivity (Wildman–Crippen MR) is 298 cm³/mol. The van der Waals surface area contributed by atoms with Crippen LogP contribution in [0.1, 0.15) is 64.0 Å². The van der Waals surface area contributed by atoms with Crippen LogP contribution >= 0.6 is 0 Å². The number of halogens is 2. The highest BCUT2D eigenvalue weighted by Crippen LogP contribution is 2.39. The highest BCUT2D eigenvalue weighted by molar-refractivity contribution is 5.98. The third-order valence-corrected chi connectivity index (χ3v) is 13.0. The molecule has 6 aromatic heterocycles. The lowest BCUT2D eigenvalue weighted by molar-refractivity contribution is 0.0693. The van der Waals surface area contributed by atoms with Crippen molar-refractivity contribution in [2.45, 2.75) is 44.2 Å². The SMILES string of the molecule is COc1cc2nccc(Oc3ncc(CC(=O)c4cn(C5CC5)nc(-c5ccc(F)cc5)c4=O)cn3)c2cc1OC.COc1cc2nccc(Oc3ncc(N)cn3)c2cc1OC.O=C(O)c1cn(C2CC2)nc(-c2ccc(F)cc2)c1=O. The fourth-order valence-electron chi connectivity index (χ4n) is 8.43. The van der Waals surface area contributed by atoms with Crippen LogP contribution in [0.3, 0.4) is 0 Å². The van der Waals surface area contributed by atoms with Gasteiger partial charge in [0.15, 0.2) is 28.8 Å². The van der Waals surface area contributed by atoms with E-state index in [0.717, 1.165) is 31.1 Å². The number of methoxy groups -OCH3 is 4. The minimum atomic E-state index is -1.28. The van der Waals surface area contributed by atoms with Crippen LogP contribution < -0.4 is 45.0 Å². The molecule has 0 saturated heterocycles. The van der Waals surface area contributed by atoms with Crippen molar-refractivity contribution in [3.05, 3.63) is 183 Å². The van der Waals surface area contributed by atoms with Gasteiger partial charge in [-0.05, 0) is 104 Å². The number of rotatable bonds is 16. The molecular formula is C59H49F2N11O11. The Labute approximate surface area is 469 Å². The number of anilines is 1. The van der Waals surface area contributed by atoms with Crippen LogP contribution in [0.5, 0.6) is 46.5 Å². The largest absolute Gasteiger partial charge is 0.493 e. The normalized spacial score (nSPS) is 12.5. The Bertz CT molecular complexity index is 4160. The zero-order valence-corrected chi connectivity index (χ0v) is 44.7. The summed E-state index contributed by atoms with van der Waals surface area (Å²) in [4.78, 5) is 75.1. The fourth-order valence-corrected chi connectivity index (χ4v) is 8.43. The maximum atomic E-state index is 13.5. The number of carbonyl (C=O) groups excluding carboxylic acids is 1. The van der Waals surface area contributed by atoms with Gasteiger partial charge in [0.1, 0.15) is 40.1 Å². The van der Waals surface area contributed by atoms with Crippen LogP contribution in [0.25, 0.3) is 44.3 Å². The minimum Gasteiger partial charge on any atom is -0.493 e. The highest BCUT2D eigenvalue weighted by atomic mass is 19.1. The van der Waals surface area contributed by atoms with Crippen LogP contribution in [0.2, 0.25) is 0 Å². The number of hydrogen-bond donors (Lipinski definition) is 2. The van der Waals surface area contributed by atoms with Gasteiger partial charge in [0.25, 0.3) is 0 Å². The molecule has 0 atom stereocenters. The molecule has 4 aromatic carbocycles. The number of hydrogen-bond acceptors (Lipinski definition) is 19. The molecule has 0 aliphatic heterocycles. The van der Waals surface area contributed by atoms with E-state index in [-0.39, 0.29) is 53.0 Å². The van der Waals surface area contributed by atoms with Crippen molar-refractivity contribution in [3.63, 3.8) is 0 Å². The number of aromatic carboxylic acids is 1. The molecule has 12 rings (SSSR count). The number of benzene rings is 4. The van der Waals surface area contributed by atoms with Crippen LogP contribution in [0.4, 0.5) is 14.5 Å². The zero-order chi connectivity index (χ0) is 58.3. The molecule has 10 aromatic rings. The molecular weight excluding hydrogens is 1080 g/mol. The molecule has 24 heteroatoms. The standard InChI is InChI=1S/C30H24FN5O5.C15H14N4O3.C14H11FN2O3/c1-39-26-12-21-23(13-27(26)40-2)32-10-9-25(21)41-30-33-14-17(15-34-30)11-24(37)22-16-36(20-7-8-20)35-28(29(22)38)18-3-5-19(31)6-4-18;1-20-13-5-10-11(6-14(13)21-2)17-4-3-12(10)22-15-18-7-9(16)8-19-15;15-9-3-1-8(2-4-9)12-13(18)11(14(19)20)7-17(16-12)10-5-6-10/h3-6,9-10,12-16,20H,7-8,11H2,1-2H3;3-8H,16H2,1-2H3;1-4,7,10H,5-6H2,(H,19,20). The van der Waals surface area contributed by atoms with Gasteiger partial charge in [-0.1, -0.05) is 0 Å². The Morgan fingerprint density at radius 3 is 1.36 bits per heavy atom. The third-order valence-electron chi connectivity index (χ3n) is 13.0. The average molecular weight is 1130 g/mol. The molecule has 2 fully saturated rings. The van der Waals surface area contributed by atoms with Gasteiger partial charge < -0.3 is 39.3 Å². The van der Waals surface area contributed by atoms with E-state index in [4.69, 9.17) is 39.3 Å². The van der Waals surface area contributed by atoms with Gasteiger partial charge in [-0.15, -0.1) is 0 Å². The number of ether oxygens (including phenoxy) is 6. The van der Waals surface area contributed by atoms with Gasteiger partial charge in [-0.25, -0.2) is 33.5 Å². The number of carbonyl (C=O) groups is 2. The Hall–Kier alpha value is -10.8. The number of nitrogen functional groups attached to an aromatic ring is 1. The van der Waals surface area contributed by atoms with Gasteiger partial charge in [0, 0.05) is 77.6 Å². The monoisotopic (exact) mass is 1130 g/mol. The van der Waals surface area contributed by atoms with E-state index in [1.165, 1.54) is 90.4 Å². The summed E-state index contributed by atoms with van der Waals surface area (Å²) in [6.07, 6.45) is 15.5. The van der Waals surface area contributed by atoms with Gasteiger partial charge in [-0.2, -0.15) is 10.2 Å². The van der Waals surface area contributed by atoms with Crippen molar-refractivity contribution in [2.75, 3.05) is 34.2 Å². The smallest absolute Gasteiger partial charge is 0.341 e. The number of fused-ring (bicyclic) bond motifs is 2. The van der Waals surface area contributed by atoms with E-state index < -0.39 is 34.2 Å². The van der Waals surface area contributed by atoms with Crippen LogP contribution in [-0.2, 0) is 6.42 Å². The van der Waals surface area contributed by atoms with Crippen molar-refractivity contribution < 1.29 is 51.9 Å². The molecule has 3 N–H and O–H groups in total. The Morgan fingerprint density at radius 1 is 0.554 bits per heavy atom. The summed E-state index contributed by atoms with van der Waals surface area (Å²) in [6, 6.07) is 21.8. The number of aromatic nitrogens is 10. The number of nitrogens with zero attached hydrogens (tertiary/aromatic N) is 10. The lowest BCUT2D eigenvalue weighted by atomic mass is 10.0. The molecule has 0 unspecified atom stereocenters. The summed E-state index contributed by atoms with van der Waals surface area (Å²) >= 11 is 0. The van der Waals surface area contributed by atoms with E-state index >= 15 is 0 Å². The Morgan fingerprint density at radius 2 is 0.952 bits per heavy atom. The van der Waals surface area contributed by atoms with Gasteiger partial charge in [0.05, 0.1) is 75.2 Å². The molecule has 420 valence electrons. The lowest BCUT2D eigenvalue weighted by Crippen LogP contribution is -2.23. The number of carboxylic acid groups (broad SMARTS) is 1. The molecule has 0 radical (unpaired) electrons. The topological polar surface area (TPSA) is 283 Å². The van der Waals surface area contributed by atoms with E-state index in [1.54, 1.807) is 81.9 Å². The van der Waals surface area contributed by atoms with Crippen molar-refractivity contribution in [2.24, 2.45) is 0 Å². The molecule has 6 heterocycles. The molecule has 2 aliphatic rings. The van der Waals surface area contributed by atoms with Gasteiger partial charge >= 0.3 is 18.0 Å². The van der Waals surface area contributed by atoms with E-state index in [1.807, 2.05) is 0 Å². The quantitative estimate of drug-likeness (QED) is 0.0851. The van der Waals surface area contributed by atoms with Crippen molar-refractivity contribution in [1.29, 1.82) is 0 Å². The number of carboxylic acids is 1. The molecule has 0 amide bonds. The van der Waals surface area contributed by atoms with Crippen molar-refractivity contribution >= 4 is 39.2 Å². The fraction of sp³-hybridized carbons (Fsp3) is 0.186. The molecule has 0 spiro atoms. The number of pyridine rings is 2. The summed E-state index contributed by atoms with van der Waals surface area (Å²) in [7, 11) is 6.24. The molecule has 0 bridgehead atoms. The van der Waals surface area contributed by atoms with Crippen LogP contribution in [0.15, 0.2) is 144 Å². The molecule has 2 saturated carbocycles. The average Bonchev–Trinajstić information content (AvgIpc) is 4.62. The zero-order valence-electron chi connectivity index (χ0n) is 44.7. The van der Waals surface area contributed by atoms with Gasteiger partial charge in [-0.3, -0.25) is 33.7 Å². The Balaban J connectivity index is 0.000000154. The summed E-state index contributed by atoms with van der Waals surface area (Å²) in [5.41, 5.74) is 7.44. The third kappa shape index (κ3) is 12.8. The van der Waals surface area contributed by atoms with E-state index in [2.05, 4.69) is 40.1 Å². The Kier molecular flexibility index (Phi) is 16.3. The second-order valence-corrected chi connectivity index (χ2v) is 18.7. The molecule has 2 aliphatic carbocycles. The first kappa shape index (κ1) is 55.5. The minimum absolute atomic E-state index is 0.0131. The molecule has 22 nitrogen and oxygen atoms in total. The van der Waals surface area contributed by atoms with Crippen molar-refractivity contribution in [3.8, 4) is 69.0 Å². The van der Waals surface area contributed by atoms with Gasteiger partial charge in [0.2, 0.25) is 10.9 Å². The number of Topliss-reactive ketones (excluding diaryl/α,β-unsaturated/α-hetero) is 1. The first-order valence-electron chi connectivity index (χ1n) is 25.5. The van der Waals surface area contributed by atoms with E-state index in [9.17, 15) is 28.0 Å². The highest BCUT2D eigenvalue weighted by Gasteiger charge is 2.29. The summed E-state index contributed by atoms with van der Waals surface area (Å²) in [5, 5.41) is 19.2. The van der Waals surface area contributed by atoms with Crippen molar-refractivity contribution in [1.82, 2.24) is 49.5 Å². The predicted octanol–water partition coefficient (Wildman–Crippen LogP) is 9.46. The maximum Gasteiger partial charge on any atom is 0.341 e. The summed E-state index contributed by atoms with van der Waals surface area (Å²) in [6.45, 7) is 0. The van der Waals surface area contributed by atoms with Crippen LogP contribution in [0, 0.1) is 11.6 Å². The first-order chi connectivity index (χ1) is 40.2. The summed E-state index contributed by atoms with van der Waals surface area (Å²) in [5.74, 6) is 0.753. The van der Waals surface area contributed by atoms with E-state index in [0.29, 0.717) is 73.3 Å². The second kappa shape index (κ2) is 24.3. The first-order valence-corrected chi connectivity index (χ1v) is 25.5. The van der Waals surface area contributed by atoms with Crippen LogP contribution in [-0.4, -0.2) is 94.8 Å². The lowest BCUT2D eigenvalue weighted by Gasteiger charge is -2.12. The summed E-state index contributed by atoms with van der Waals surface area (Å²) < 4.78 is 62.5. The number of ketones is 1. The molecule has 83 heavy (non-hydrogen) atoms.